The van der Waals surface area contributed by atoms with Gasteiger partial charge in [0.05, 0.1) is 30.2 Å². The molecule has 0 unspecified atom stereocenters. The van der Waals surface area contributed by atoms with Crippen molar-refractivity contribution in [1.29, 1.82) is 0 Å². The molecule has 2 aromatic carbocycles. The maximum Gasteiger partial charge on any atom is 0.337 e. The molecule has 1 heterocycles. The van der Waals surface area contributed by atoms with Crippen molar-refractivity contribution in [2.75, 3.05) is 43.3 Å². The van der Waals surface area contributed by atoms with E-state index in [1.165, 1.54) is 6.07 Å². The third-order valence-corrected chi connectivity index (χ3v) is 5.97. The van der Waals surface area contributed by atoms with Crippen LogP contribution in [-0.2, 0) is 14.8 Å². The number of hydrogen-bond donors (Lipinski definition) is 2. The molecule has 2 aromatic rings. The fourth-order valence-electron chi connectivity index (χ4n) is 3.15. The van der Waals surface area contributed by atoms with Gasteiger partial charge in [-0.3, -0.25) is 9.62 Å². The molecule has 0 radical (unpaired) electrons. The van der Waals surface area contributed by atoms with Crippen LogP contribution in [0.15, 0.2) is 48.5 Å². The summed E-state index contributed by atoms with van der Waals surface area (Å²) in [5, 5.41) is 9.42. The van der Waals surface area contributed by atoms with Crippen LogP contribution in [-0.4, -0.2) is 63.0 Å². The Bertz CT molecular complexity index is 909. The number of morpholine rings is 1. The zero-order valence-electron chi connectivity index (χ0n) is 15.5. The van der Waals surface area contributed by atoms with E-state index in [-0.39, 0.29) is 17.0 Å². The molecule has 0 saturated carbocycles. The molecule has 2 N–H and O–H groups in total. The Morgan fingerprint density at radius 2 is 1.79 bits per heavy atom. The van der Waals surface area contributed by atoms with E-state index < -0.39 is 16.0 Å². The fourth-order valence-corrected chi connectivity index (χ4v) is 4.26. The highest BCUT2D eigenvalue weighted by Crippen LogP contribution is 2.26. The number of hydrogen-bond acceptors (Lipinski definition) is 5. The molecule has 0 aliphatic carbocycles. The number of nitrogens with zero attached hydrogens (tertiary/aromatic N) is 1. The number of carboxylic acid groups (broad SMARTS) is 1. The van der Waals surface area contributed by atoms with Crippen molar-refractivity contribution < 1.29 is 23.1 Å². The first-order chi connectivity index (χ1) is 13.4. The van der Waals surface area contributed by atoms with Crippen molar-refractivity contribution in [3.8, 4) is 11.1 Å². The molecule has 8 heteroatoms. The number of carbonyl (C=O) groups is 1. The maximum atomic E-state index is 12.5. The lowest BCUT2D eigenvalue weighted by Gasteiger charge is -2.26. The molecule has 1 saturated heterocycles. The third-order valence-electron chi connectivity index (χ3n) is 4.61. The Labute approximate surface area is 165 Å². The second-order valence-corrected chi connectivity index (χ2v) is 8.50. The van der Waals surface area contributed by atoms with Crippen LogP contribution in [0.5, 0.6) is 0 Å². The second-order valence-electron chi connectivity index (χ2n) is 6.66. The van der Waals surface area contributed by atoms with E-state index in [1.54, 1.807) is 12.1 Å². The van der Waals surface area contributed by atoms with Crippen molar-refractivity contribution in [3.05, 3.63) is 54.1 Å². The number of carboxylic acids is 1. The Balaban J connectivity index is 1.72. The number of rotatable bonds is 8. The molecule has 28 heavy (non-hydrogen) atoms. The quantitative estimate of drug-likeness (QED) is 0.702. The first kappa shape index (κ1) is 20.3. The number of ether oxygens (including phenoxy) is 1. The summed E-state index contributed by atoms with van der Waals surface area (Å²) in [5.74, 6) is -1.25. The molecule has 1 fully saturated rings. The Kier molecular flexibility index (Phi) is 6.66. The van der Waals surface area contributed by atoms with Crippen molar-refractivity contribution in [3.63, 3.8) is 0 Å². The summed E-state index contributed by atoms with van der Waals surface area (Å²) >= 11 is 0. The van der Waals surface area contributed by atoms with Gasteiger partial charge in [-0.2, -0.15) is 0 Å². The van der Waals surface area contributed by atoms with Gasteiger partial charge in [-0.05, 0) is 36.2 Å². The van der Waals surface area contributed by atoms with E-state index in [4.69, 9.17) is 4.74 Å². The van der Waals surface area contributed by atoms with Gasteiger partial charge in [-0.25, -0.2) is 13.2 Å². The van der Waals surface area contributed by atoms with Crippen LogP contribution in [0.25, 0.3) is 11.1 Å². The van der Waals surface area contributed by atoms with Crippen molar-refractivity contribution in [1.82, 2.24) is 4.90 Å². The molecule has 0 amide bonds. The molecule has 1 aliphatic rings. The Morgan fingerprint density at radius 1 is 1.07 bits per heavy atom. The molecule has 0 spiro atoms. The summed E-state index contributed by atoms with van der Waals surface area (Å²) in [5.41, 5.74) is 1.64. The SMILES string of the molecule is O=C(O)c1ccc(-c2ccccc2)cc1NS(=O)(=O)CCCN1CCOCC1. The largest absolute Gasteiger partial charge is 0.478 e. The predicted octanol–water partition coefficient (Wildman–Crippen LogP) is 2.52. The fraction of sp³-hybridized carbons (Fsp3) is 0.350. The topological polar surface area (TPSA) is 95.9 Å². The zero-order chi connectivity index (χ0) is 20.0. The lowest BCUT2D eigenvalue weighted by molar-refractivity contribution is 0.0381. The van der Waals surface area contributed by atoms with Gasteiger partial charge in [-0.1, -0.05) is 36.4 Å². The summed E-state index contributed by atoms with van der Waals surface area (Å²) in [7, 11) is -3.66. The van der Waals surface area contributed by atoms with Crippen LogP contribution in [0, 0.1) is 0 Å². The summed E-state index contributed by atoms with van der Waals surface area (Å²) < 4.78 is 32.8. The van der Waals surface area contributed by atoms with Gasteiger partial charge in [-0.15, -0.1) is 0 Å². The average Bonchev–Trinajstić information content (AvgIpc) is 2.69. The molecule has 3 rings (SSSR count). The Hall–Kier alpha value is -2.42. The summed E-state index contributed by atoms with van der Waals surface area (Å²) in [6.07, 6.45) is 0.468. The highest BCUT2D eigenvalue weighted by molar-refractivity contribution is 7.92. The van der Waals surface area contributed by atoms with E-state index in [9.17, 15) is 18.3 Å². The molecule has 1 aliphatic heterocycles. The van der Waals surface area contributed by atoms with Gasteiger partial charge in [0.2, 0.25) is 10.0 Å². The van der Waals surface area contributed by atoms with Crippen molar-refractivity contribution >= 4 is 21.7 Å². The molecule has 0 bridgehead atoms. The molecule has 150 valence electrons. The smallest absolute Gasteiger partial charge is 0.337 e. The van der Waals surface area contributed by atoms with Gasteiger partial charge >= 0.3 is 5.97 Å². The lowest BCUT2D eigenvalue weighted by Crippen LogP contribution is -2.37. The van der Waals surface area contributed by atoms with Crippen LogP contribution in [0.4, 0.5) is 5.69 Å². The number of sulfonamides is 1. The highest BCUT2D eigenvalue weighted by Gasteiger charge is 2.18. The number of aromatic carboxylic acids is 1. The molecular formula is C20H24N2O5S. The maximum absolute atomic E-state index is 12.5. The number of anilines is 1. The van der Waals surface area contributed by atoms with Gasteiger partial charge in [0.15, 0.2) is 0 Å². The minimum absolute atomic E-state index is 0.0705. The van der Waals surface area contributed by atoms with Crippen LogP contribution in [0.1, 0.15) is 16.8 Å². The lowest BCUT2D eigenvalue weighted by atomic mass is 10.0. The molecule has 0 aromatic heterocycles. The monoisotopic (exact) mass is 404 g/mol. The number of nitrogens with one attached hydrogen (secondary N) is 1. The third kappa shape index (κ3) is 5.54. The molecule has 0 atom stereocenters. The van der Waals surface area contributed by atoms with Crippen molar-refractivity contribution in [2.24, 2.45) is 0 Å². The minimum Gasteiger partial charge on any atom is -0.478 e. The zero-order valence-corrected chi connectivity index (χ0v) is 16.3. The van der Waals surface area contributed by atoms with Crippen molar-refractivity contribution in [2.45, 2.75) is 6.42 Å². The average molecular weight is 404 g/mol. The normalized spacial score (nSPS) is 15.3. The van der Waals surface area contributed by atoms with E-state index in [0.717, 1.165) is 24.2 Å². The minimum atomic E-state index is -3.66. The predicted molar refractivity (Wildman–Crippen MR) is 108 cm³/mol. The van der Waals surface area contributed by atoms with Gasteiger partial charge in [0, 0.05) is 13.1 Å². The standard InChI is InChI=1S/C20H24N2O5S/c23-20(24)18-8-7-17(16-5-2-1-3-6-16)15-19(18)21-28(25,26)14-4-9-22-10-12-27-13-11-22/h1-3,5-8,15,21H,4,9-14H2,(H,23,24). The Morgan fingerprint density at radius 3 is 2.46 bits per heavy atom. The van der Waals surface area contributed by atoms with Crippen LogP contribution in [0.2, 0.25) is 0 Å². The summed E-state index contributed by atoms with van der Waals surface area (Å²) in [4.78, 5) is 13.7. The first-order valence-electron chi connectivity index (χ1n) is 9.18. The van der Waals surface area contributed by atoms with Crippen LogP contribution >= 0.6 is 0 Å². The molecular weight excluding hydrogens is 380 g/mol. The summed E-state index contributed by atoms with van der Waals surface area (Å²) in [6.45, 7) is 3.60. The van der Waals surface area contributed by atoms with Crippen LogP contribution < -0.4 is 4.72 Å². The van der Waals surface area contributed by atoms with Gasteiger partial charge in [0.1, 0.15) is 0 Å². The van der Waals surface area contributed by atoms with E-state index in [0.29, 0.717) is 26.2 Å². The van der Waals surface area contributed by atoms with Crippen LogP contribution in [0.3, 0.4) is 0 Å². The van der Waals surface area contributed by atoms with E-state index >= 15 is 0 Å². The molecule has 7 nitrogen and oxygen atoms in total. The van der Waals surface area contributed by atoms with Gasteiger partial charge in [0.25, 0.3) is 0 Å². The highest BCUT2D eigenvalue weighted by atomic mass is 32.2. The second kappa shape index (κ2) is 9.18. The van der Waals surface area contributed by atoms with E-state index in [2.05, 4.69) is 9.62 Å². The first-order valence-corrected chi connectivity index (χ1v) is 10.8. The van der Waals surface area contributed by atoms with E-state index in [1.807, 2.05) is 30.3 Å². The number of benzene rings is 2. The summed E-state index contributed by atoms with van der Waals surface area (Å²) in [6, 6.07) is 14.1. The van der Waals surface area contributed by atoms with Gasteiger partial charge < -0.3 is 9.84 Å².